The number of aromatic nitrogens is 3. The molecule has 0 saturated heterocycles. The minimum absolute atomic E-state index is 0.145. The van der Waals surface area contributed by atoms with Crippen LogP contribution >= 0.6 is 0 Å². The molecule has 3 aromatic rings. The van der Waals surface area contributed by atoms with E-state index < -0.39 is 11.4 Å². The Kier molecular flexibility index (Phi) is 5.54. The van der Waals surface area contributed by atoms with Gasteiger partial charge in [0.1, 0.15) is 12.7 Å². The molecule has 1 heterocycles. The van der Waals surface area contributed by atoms with Crippen LogP contribution in [0.1, 0.15) is 37.4 Å². The summed E-state index contributed by atoms with van der Waals surface area (Å²) in [5, 5.41) is 16.7. The van der Waals surface area contributed by atoms with Crippen molar-refractivity contribution in [3.05, 3.63) is 78.4 Å². The largest absolute Gasteiger partial charge is 0.481 e. The highest BCUT2D eigenvalue weighted by Crippen LogP contribution is 2.28. The minimum atomic E-state index is -1.29. The third-order valence-corrected chi connectivity index (χ3v) is 4.85. The maximum Gasteiger partial charge on any atom is 0.314 e. The number of carbonyl (C=O) groups excluding carboxylic acids is 1. The van der Waals surface area contributed by atoms with Crippen molar-refractivity contribution in [2.45, 2.75) is 31.7 Å². The molecule has 1 amide bonds. The highest BCUT2D eigenvalue weighted by atomic mass is 16.4. The van der Waals surface area contributed by atoms with E-state index in [0.717, 1.165) is 11.3 Å². The van der Waals surface area contributed by atoms with Gasteiger partial charge in [-0.15, -0.1) is 0 Å². The fraction of sp³-hybridized carbons (Fsp3) is 0.238. The van der Waals surface area contributed by atoms with E-state index in [4.69, 9.17) is 0 Å². The Morgan fingerprint density at radius 2 is 1.82 bits per heavy atom. The predicted octanol–water partition coefficient (Wildman–Crippen LogP) is 2.88. The number of nitrogens with zero attached hydrogens (tertiary/aromatic N) is 3. The second-order valence-electron chi connectivity index (χ2n) is 6.90. The molecular formula is C21H22N4O3. The number of rotatable bonds is 7. The van der Waals surface area contributed by atoms with E-state index in [2.05, 4.69) is 15.4 Å². The molecule has 2 unspecified atom stereocenters. The zero-order valence-electron chi connectivity index (χ0n) is 15.7. The standard InChI is InChI=1S/C21H22N4O3/c1-15(16-8-10-18(11-9-16)25-14-22-13-23-25)24-19(26)12-21(2,20(27)28)17-6-4-3-5-7-17/h3-11,13-15H,12H2,1-2H3,(H,24,26)(H,27,28). The fourth-order valence-electron chi connectivity index (χ4n) is 3.06. The average molecular weight is 378 g/mol. The molecule has 7 heteroatoms. The van der Waals surface area contributed by atoms with Crippen LogP contribution in [0.3, 0.4) is 0 Å². The molecule has 0 bridgehead atoms. The van der Waals surface area contributed by atoms with Gasteiger partial charge in [-0.25, -0.2) is 9.67 Å². The van der Waals surface area contributed by atoms with Gasteiger partial charge in [-0.1, -0.05) is 42.5 Å². The third kappa shape index (κ3) is 4.09. The first-order valence-electron chi connectivity index (χ1n) is 8.93. The Labute approximate surface area is 163 Å². The van der Waals surface area contributed by atoms with Crippen LogP contribution in [0.25, 0.3) is 5.69 Å². The molecule has 1 aromatic heterocycles. The SMILES string of the molecule is CC(NC(=O)CC(C)(C(=O)O)c1ccccc1)c1ccc(-n2cncn2)cc1. The molecule has 0 aliphatic heterocycles. The summed E-state index contributed by atoms with van der Waals surface area (Å²) in [6, 6.07) is 16.1. The van der Waals surface area contributed by atoms with Crippen LogP contribution in [0.2, 0.25) is 0 Å². The summed E-state index contributed by atoms with van der Waals surface area (Å²) in [4.78, 5) is 28.4. The van der Waals surface area contributed by atoms with Crippen LogP contribution in [0, 0.1) is 0 Å². The second kappa shape index (κ2) is 8.04. The van der Waals surface area contributed by atoms with Gasteiger partial charge in [0.25, 0.3) is 0 Å². The lowest BCUT2D eigenvalue weighted by Gasteiger charge is -2.26. The van der Waals surface area contributed by atoms with Crippen molar-refractivity contribution in [2.75, 3.05) is 0 Å². The zero-order valence-corrected chi connectivity index (χ0v) is 15.7. The van der Waals surface area contributed by atoms with Crippen LogP contribution in [0.4, 0.5) is 0 Å². The lowest BCUT2D eigenvalue weighted by Crippen LogP contribution is -2.39. The van der Waals surface area contributed by atoms with Crippen LogP contribution in [-0.4, -0.2) is 31.7 Å². The molecule has 2 atom stereocenters. The summed E-state index contributed by atoms with van der Waals surface area (Å²) in [7, 11) is 0. The Morgan fingerprint density at radius 1 is 1.14 bits per heavy atom. The Morgan fingerprint density at radius 3 is 2.39 bits per heavy atom. The molecular weight excluding hydrogens is 356 g/mol. The first-order chi connectivity index (χ1) is 13.4. The molecule has 3 rings (SSSR count). The van der Waals surface area contributed by atoms with Gasteiger partial charge in [-0.3, -0.25) is 9.59 Å². The van der Waals surface area contributed by atoms with Gasteiger partial charge in [0.2, 0.25) is 5.91 Å². The third-order valence-electron chi connectivity index (χ3n) is 4.85. The monoisotopic (exact) mass is 378 g/mol. The van der Waals surface area contributed by atoms with Crippen molar-refractivity contribution in [1.29, 1.82) is 0 Å². The normalized spacial score (nSPS) is 14.1. The van der Waals surface area contributed by atoms with Crippen LogP contribution in [0.5, 0.6) is 0 Å². The smallest absolute Gasteiger partial charge is 0.314 e. The van der Waals surface area contributed by atoms with Crippen LogP contribution in [0.15, 0.2) is 67.3 Å². The van der Waals surface area contributed by atoms with Gasteiger partial charge in [0.15, 0.2) is 0 Å². The molecule has 2 N–H and O–H groups in total. The summed E-state index contributed by atoms with van der Waals surface area (Å²) in [5.74, 6) is -1.35. The second-order valence-corrected chi connectivity index (χ2v) is 6.90. The van der Waals surface area contributed by atoms with Crippen LogP contribution in [-0.2, 0) is 15.0 Å². The van der Waals surface area contributed by atoms with Crippen molar-refractivity contribution in [3.63, 3.8) is 0 Å². The van der Waals surface area contributed by atoms with Crippen molar-refractivity contribution in [3.8, 4) is 5.69 Å². The molecule has 0 radical (unpaired) electrons. The number of carboxylic acids is 1. The van der Waals surface area contributed by atoms with Gasteiger partial charge >= 0.3 is 5.97 Å². The van der Waals surface area contributed by atoms with E-state index in [1.807, 2.05) is 37.3 Å². The average Bonchev–Trinajstić information content (AvgIpc) is 3.23. The lowest BCUT2D eigenvalue weighted by atomic mass is 9.79. The first kappa shape index (κ1) is 19.3. The summed E-state index contributed by atoms with van der Waals surface area (Å²) >= 11 is 0. The molecule has 0 saturated carbocycles. The molecule has 2 aromatic carbocycles. The van der Waals surface area contributed by atoms with E-state index in [1.54, 1.807) is 42.2 Å². The maximum absolute atomic E-state index is 12.6. The Hall–Kier alpha value is -3.48. The molecule has 144 valence electrons. The number of carboxylic acid groups (broad SMARTS) is 1. The Bertz CT molecular complexity index is 940. The summed E-state index contributed by atoms with van der Waals surface area (Å²) in [5.41, 5.74) is 1.08. The Balaban J connectivity index is 1.69. The van der Waals surface area contributed by atoms with Crippen molar-refractivity contribution < 1.29 is 14.7 Å². The van der Waals surface area contributed by atoms with E-state index in [-0.39, 0.29) is 18.4 Å². The minimum Gasteiger partial charge on any atom is -0.481 e. The maximum atomic E-state index is 12.6. The van der Waals surface area contributed by atoms with Crippen molar-refractivity contribution in [1.82, 2.24) is 20.1 Å². The summed E-state index contributed by atoms with van der Waals surface area (Å²) < 4.78 is 1.64. The van der Waals surface area contributed by atoms with E-state index in [0.29, 0.717) is 5.56 Å². The van der Waals surface area contributed by atoms with Gasteiger partial charge in [0, 0.05) is 6.42 Å². The zero-order chi connectivity index (χ0) is 20.1. The van der Waals surface area contributed by atoms with E-state index >= 15 is 0 Å². The van der Waals surface area contributed by atoms with E-state index in [9.17, 15) is 14.7 Å². The molecule has 28 heavy (non-hydrogen) atoms. The van der Waals surface area contributed by atoms with Gasteiger partial charge < -0.3 is 10.4 Å². The topological polar surface area (TPSA) is 97.1 Å². The molecule has 0 fully saturated rings. The number of amides is 1. The first-order valence-corrected chi connectivity index (χ1v) is 8.93. The molecule has 0 spiro atoms. The van der Waals surface area contributed by atoms with Crippen molar-refractivity contribution >= 4 is 11.9 Å². The molecule has 0 aliphatic carbocycles. The highest BCUT2D eigenvalue weighted by molar-refractivity contribution is 5.89. The van der Waals surface area contributed by atoms with Crippen LogP contribution < -0.4 is 5.32 Å². The highest BCUT2D eigenvalue weighted by Gasteiger charge is 2.37. The number of aliphatic carboxylic acids is 1. The number of nitrogens with one attached hydrogen (secondary N) is 1. The lowest BCUT2D eigenvalue weighted by molar-refractivity contribution is -0.145. The molecule has 7 nitrogen and oxygen atoms in total. The number of benzene rings is 2. The number of hydrogen-bond donors (Lipinski definition) is 2. The molecule has 0 aliphatic rings. The summed E-state index contributed by atoms with van der Waals surface area (Å²) in [6.45, 7) is 3.44. The van der Waals surface area contributed by atoms with Crippen molar-refractivity contribution in [2.24, 2.45) is 0 Å². The number of carbonyl (C=O) groups is 2. The quantitative estimate of drug-likeness (QED) is 0.659. The van der Waals surface area contributed by atoms with Gasteiger partial charge in [-0.2, -0.15) is 5.10 Å². The predicted molar refractivity (Wildman–Crippen MR) is 104 cm³/mol. The summed E-state index contributed by atoms with van der Waals surface area (Å²) in [6.07, 6.45) is 2.92. The van der Waals surface area contributed by atoms with Gasteiger partial charge in [-0.05, 0) is 37.1 Å². The van der Waals surface area contributed by atoms with E-state index in [1.165, 1.54) is 6.33 Å². The number of hydrogen-bond acceptors (Lipinski definition) is 4. The fourth-order valence-corrected chi connectivity index (χ4v) is 3.06. The van der Waals surface area contributed by atoms with Gasteiger partial charge in [0.05, 0.1) is 17.1 Å².